The van der Waals surface area contributed by atoms with Crippen LogP contribution in [0.3, 0.4) is 0 Å². The van der Waals surface area contributed by atoms with Gasteiger partial charge in [0.1, 0.15) is 0 Å². The zero-order valence-electron chi connectivity index (χ0n) is 18.0. The summed E-state index contributed by atoms with van der Waals surface area (Å²) >= 11 is 4.95. The predicted molar refractivity (Wildman–Crippen MR) is 141 cm³/mol. The van der Waals surface area contributed by atoms with Gasteiger partial charge < -0.3 is 10.6 Å². The number of nitrogens with one attached hydrogen (secondary N) is 2. The second-order valence-electron chi connectivity index (χ2n) is 7.53. The third-order valence-electron chi connectivity index (χ3n) is 5.18. The summed E-state index contributed by atoms with van der Waals surface area (Å²) in [5, 5.41) is 7.82. The normalized spacial score (nSPS) is 11.7. The Hall–Kier alpha value is -3.09. The van der Waals surface area contributed by atoms with Gasteiger partial charge in [0.05, 0.1) is 10.9 Å². The number of para-hydroxylation sites is 1. The highest BCUT2D eigenvalue weighted by atomic mass is 79.9. The van der Waals surface area contributed by atoms with Gasteiger partial charge in [0.25, 0.3) is 5.91 Å². The van der Waals surface area contributed by atoms with Crippen molar-refractivity contribution in [1.82, 2.24) is 0 Å². The summed E-state index contributed by atoms with van der Waals surface area (Å²) in [7, 11) is 0. The molecule has 0 aliphatic rings. The lowest BCUT2D eigenvalue weighted by molar-refractivity contribution is -0.115. The monoisotopic (exact) mass is 518 g/mol. The summed E-state index contributed by atoms with van der Waals surface area (Å²) in [4.78, 5) is 26.6. The molecule has 2 N–H and O–H groups in total. The van der Waals surface area contributed by atoms with Crippen molar-refractivity contribution in [2.24, 2.45) is 0 Å². The van der Waals surface area contributed by atoms with Crippen LogP contribution in [0.15, 0.2) is 100 Å². The molecule has 0 aliphatic carbocycles. The quantitative estimate of drug-likeness (QED) is 0.251. The molecule has 166 valence electrons. The fourth-order valence-corrected chi connectivity index (χ4v) is 4.84. The van der Waals surface area contributed by atoms with Gasteiger partial charge in [0, 0.05) is 20.6 Å². The van der Waals surface area contributed by atoms with E-state index in [0.29, 0.717) is 17.7 Å². The van der Waals surface area contributed by atoms with Crippen molar-refractivity contribution in [3.63, 3.8) is 0 Å². The topological polar surface area (TPSA) is 58.2 Å². The third-order valence-corrected chi connectivity index (χ3v) is 7.23. The first-order valence-electron chi connectivity index (χ1n) is 10.7. The predicted octanol–water partition coefficient (Wildman–Crippen LogP) is 7.36. The molecule has 4 rings (SSSR count). The van der Waals surface area contributed by atoms with Crippen LogP contribution in [0.5, 0.6) is 0 Å². The Morgan fingerprint density at radius 1 is 0.848 bits per heavy atom. The van der Waals surface area contributed by atoms with E-state index in [1.807, 2.05) is 97.9 Å². The molecule has 0 heterocycles. The zero-order chi connectivity index (χ0) is 23.2. The van der Waals surface area contributed by atoms with Gasteiger partial charge in [-0.2, -0.15) is 0 Å². The number of rotatable bonds is 7. The average Bonchev–Trinajstić information content (AvgIpc) is 2.83. The standard InChI is InChI=1S/C27H23BrN2O2S/c1-2-25(27(32)30-24-13-6-5-12-23(24)28)33-22-11-7-10-21(17-22)29-26(31)20-15-14-18-8-3-4-9-19(18)16-20/h3-17,25H,2H2,1H3,(H,29,31)(H,30,32). The van der Waals surface area contributed by atoms with Crippen molar-refractivity contribution < 1.29 is 9.59 Å². The van der Waals surface area contributed by atoms with Crippen molar-refractivity contribution in [3.05, 3.63) is 101 Å². The molecule has 0 spiro atoms. The maximum Gasteiger partial charge on any atom is 0.255 e. The number of carbonyl (C=O) groups is 2. The van der Waals surface area contributed by atoms with E-state index in [0.717, 1.165) is 25.8 Å². The second kappa shape index (κ2) is 10.7. The van der Waals surface area contributed by atoms with Gasteiger partial charge in [-0.25, -0.2) is 0 Å². The lowest BCUT2D eigenvalue weighted by Gasteiger charge is -2.16. The van der Waals surface area contributed by atoms with Crippen LogP contribution in [0.1, 0.15) is 23.7 Å². The van der Waals surface area contributed by atoms with Crippen LogP contribution in [0, 0.1) is 0 Å². The fraction of sp³-hybridized carbons (Fsp3) is 0.111. The molecule has 4 aromatic carbocycles. The number of thioether (sulfide) groups is 1. The summed E-state index contributed by atoms with van der Waals surface area (Å²) in [5.74, 6) is -0.221. The maximum absolute atomic E-state index is 12.8. The Balaban J connectivity index is 1.44. The Bertz CT molecular complexity index is 1310. The summed E-state index contributed by atoms with van der Waals surface area (Å²) < 4.78 is 0.844. The van der Waals surface area contributed by atoms with Gasteiger partial charge in [0.2, 0.25) is 5.91 Å². The highest BCUT2D eigenvalue weighted by molar-refractivity contribution is 9.10. The van der Waals surface area contributed by atoms with Crippen LogP contribution in [0.25, 0.3) is 10.8 Å². The molecule has 0 fully saturated rings. The van der Waals surface area contributed by atoms with Gasteiger partial charge in [-0.15, -0.1) is 11.8 Å². The number of anilines is 2. The number of benzene rings is 4. The Morgan fingerprint density at radius 3 is 2.39 bits per heavy atom. The van der Waals surface area contributed by atoms with E-state index >= 15 is 0 Å². The molecular formula is C27H23BrN2O2S. The van der Waals surface area contributed by atoms with E-state index in [4.69, 9.17) is 0 Å². The molecule has 4 nitrogen and oxygen atoms in total. The average molecular weight is 519 g/mol. The van der Waals surface area contributed by atoms with Crippen LogP contribution in [-0.4, -0.2) is 17.1 Å². The van der Waals surface area contributed by atoms with E-state index in [1.54, 1.807) is 0 Å². The molecule has 1 atom stereocenters. The van der Waals surface area contributed by atoms with E-state index in [-0.39, 0.29) is 17.1 Å². The summed E-state index contributed by atoms with van der Waals surface area (Å²) in [6.45, 7) is 1.99. The molecular weight excluding hydrogens is 496 g/mol. The molecule has 1 unspecified atom stereocenters. The Kier molecular flexibility index (Phi) is 7.47. The molecule has 0 bridgehead atoms. The number of hydrogen-bond donors (Lipinski definition) is 2. The number of amides is 2. The molecule has 6 heteroatoms. The molecule has 2 amide bonds. The van der Waals surface area contributed by atoms with Gasteiger partial charge >= 0.3 is 0 Å². The van der Waals surface area contributed by atoms with Crippen LogP contribution >= 0.6 is 27.7 Å². The fourth-order valence-electron chi connectivity index (χ4n) is 3.44. The van der Waals surface area contributed by atoms with E-state index < -0.39 is 0 Å². The molecule has 0 aromatic heterocycles. The largest absolute Gasteiger partial charge is 0.324 e. The Morgan fingerprint density at radius 2 is 1.61 bits per heavy atom. The molecule has 0 aliphatic heterocycles. The van der Waals surface area contributed by atoms with Crippen molar-refractivity contribution in [2.75, 3.05) is 10.6 Å². The number of halogens is 1. The lowest BCUT2D eigenvalue weighted by Crippen LogP contribution is -2.24. The third kappa shape index (κ3) is 5.83. The van der Waals surface area contributed by atoms with Crippen LogP contribution in [0.2, 0.25) is 0 Å². The smallest absolute Gasteiger partial charge is 0.255 e. The minimum absolute atomic E-state index is 0.0556. The summed E-state index contributed by atoms with van der Waals surface area (Å²) in [5.41, 5.74) is 2.04. The molecule has 0 saturated heterocycles. The van der Waals surface area contributed by atoms with Gasteiger partial charge in [-0.3, -0.25) is 9.59 Å². The molecule has 4 aromatic rings. The van der Waals surface area contributed by atoms with E-state index in [9.17, 15) is 9.59 Å². The summed E-state index contributed by atoms with van der Waals surface area (Å²) in [6, 6.07) is 28.8. The molecule has 0 saturated carbocycles. The number of fused-ring (bicyclic) bond motifs is 1. The van der Waals surface area contributed by atoms with E-state index in [1.165, 1.54) is 11.8 Å². The summed E-state index contributed by atoms with van der Waals surface area (Å²) in [6.07, 6.45) is 0.675. The lowest BCUT2D eigenvalue weighted by atomic mass is 10.1. The van der Waals surface area contributed by atoms with Crippen molar-refractivity contribution in [3.8, 4) is 0 Å². The van der Waals surface area contributed by atoms with Gasteiger partial charge in [0.15, 0.2) is 0 Å². The number of hydrogen-bond acceptors (Lipinski definition) is 3. The van der Waals surface area contributed by atoms with Crippen LogP contribution < -0.4 is 10.6 Å². The SMILES string of the molecule is CCC(Sc1cccc(NC(=O)c2ccc3ccccc3c2)c1)C(=O)Nc1ccccc1Br. The number of carbonyl (C=O) groups excluding carboxylic acids is 2. The Labute approximate surface area is 205 Å². The van der Waals surface area contributed by atoms with E-state index in [2.05, 4.69) is 26.6 Å². The van der Waals surface area contributed by atoms with Crippen LogP contribution in [-0.2, 0) is 4.79 Å². The molecule has 33 heavy (non-hydrogen) atoms. The maximum atomic E-state index is 12.8. The minimum atomic E-state index is -0.261. The first kappa shape index (κ1) is 23.1. The van der Waals surface area contributed by atoms with Gasteiger partial charge in [-0.1, -0.05) is 55.5 Å². The highest BCUT2D eigenvalue weighted by Gasteiger charge is 2.19. The first-order chi connectivity index (χ1) is 16.0. The highest BCUT2D eigenvalue weighted by Crippen LogP contribution is 2.30. The second-order valence-corrected chi connectivity index (χ2v) is 9.66. The van der Waals surface area contributed by atoms with Crippen molar-refractivity contribution in [2.45, 2.75) is 23.5 Å². The van der Waals surface area contributed by atoms with Crippen molar-refractivity contribution >= 4 is 61.7 Å². The van der Waals surface area contributed by atoms with Crippen LogP contribution in [0.4, 0.5) is 11.4 Å². The zero-order valence-corrected chi connectivity index (χ0v) is 20.4. The first-order valence-corrected chi connectivity index (χ1v) is 12.3. The minimum Gasteiger partial charge on any atom is -0.324 e. The van der Waals surface area contributed by atoms with Gasteiger partial charge in [-0.05, 0) is 75.6 Å². The molecule has 0 radical (unpaired) electrons. The van der Waals surface area contributed by atoms with Crippen molar-refractivity contribution in [1.29, 1.82) is 0 Å².